The number of hydrogen-bond acceptors (Lipinski definition) is 4. The Morgan fingerprint density at radius 2 is 1.62 bits per heavy atom. The molecule has 0 aliphatic heterocycles. The lowest BCUT2D eigenvalue weighted by molar-refractivity contribution is 0.104. The van der Waals surface area contributed by atoms with Gasteiger partial charge in [-0.1, -0.05) is 53.6 Å². The number of benzene rings is 3. The number of hydrogen-bond donors (Lipinski definition) is 0. The van der Waals surface area contributed by atoms with Gasteiger partial charge in [0.1, 0.15) is 18.1 Å². The summed E-state index contributed by atoms with van der Waals surface area (Å²) in [5.74, 6) is 1.25. The topological polar surface area (TPSA) is 38.8 Å². The number of ketones is 1. The van der Waals surface area contributed by atoms with Crippen LogP contribution >= 0.6 is 0 Å². The molecule has 0 atom stereocenters. The van der Waals surface area contributed by atoms with Crippen molar-refractivity contribution in [3.63, 3.8) is 0 Å². The summed E-state index contributed by atoms with van der Waals surface area (Å²) in [6.45, 7) is 9.41. The van der Waals surface area contributed by atoms with E-state index in [0.29, 0.717) is 17.9 Å². The van der Waals surface area contributed by atoms with Gasteiger partial charge >= 0.3 is 0 Å². The molecule has 0 heterocycles. The Kier molecular flexibility index (Phi) is 8.67. The van der Waals surface area contributed by atoms with E-state index in [1.165, 1.54) is 11.1 Å². The largest absolute Gasteiger partial charge is 0.491 e. The smallest absolute Gasteiger partial charge is 0.189 e. The number of likely N-dealkylation sites (N-methyl/N-ethyl adjacent to an activating group) is 1. The van der Waals surface area contributed by atoms with Gasteiger partial charge in [0, 0.05) is 12.1 Å². The summed E-state index contributed by atoms with van der Waals surface area (Å²) in [5.41, 5.74) is 5.88. The van der Waals surface area contributed by atoms with Crippen LogP contribution < -0.4 is 9.47 Å². The maximum atomic E-state index is 13.4. The quantitative estimate of drug-likeness (QED) is 0.254. The summed E-state index contributed by atoms with van der Waals surface area (Å²) in [6, 6.07) is 20.0. The molecule has 0 saturated carbocycles. The zero-order valence-electron chi connectivity index (χ0n) is 21.1. The highest BCUT2D eigenvalue weighted by molar-refractivity contribution is 6.09. The molecule has 0 aliphatic rings. The molecule has 0 spiro atoms. The van der Waals surface area contributed by atoms with Crippen molar-refractivity contribution in [2.75, 3.05) is 27.2 Å². The Bertz CT molecular complexity index is 1140. The van der Waals surface area contributed by atoms with Gasteiger partial charge in [-0.2, -0.15) is 0 Å². The molecule has 3 aromatic carbocycles. The monoisotopic (exact) mass is 457 g/mol. The van der Waals surface area contributed by atoms with E-state index >= 15 is 0 Å². The highest BCUT2D eigenvalue weighted by atomic mass is 16.5. The number of ether oxygens (including phenoxy) is 2. The number of aryl methyl sites for hydroxylation is 2. The average molecular weight is 458 g/mol. The minimum atomic E-state index is -0.106. The number of allylic oxidation sites excluding steroid dienone is 1. The van der Waals surface area contributed by atoms with Gasteiger partial charge in [0.2, 0.25) is 0 Å². The lowest BCUT2D eigenvalue weighted by Gasteiger charge is -2.15. The van der Waals surface area contributed by atoms with Gasteiger partial charge in [-0.15, -0.1) is 0 Å². The molecule has 178 valence electrons. The van der Waals surface area contributed by atoms with Crippen molar-refractivity contribution in [3.05, 3.63) is 89.0 Å². The standard InChI is InChI=1S/C30H35NO3/c1-21(2)34-29-10-8-7-9-24(29)11-13-28(32)27-20-25(26-18-22(3)17-23(4)19-26)12-14-30(27)33-16-15-31(5)6/h7-14,17-21H,15-16H2,1-6H3/b13-11+. The summed E-state index contributed by atoms with van der Waals surface area (Å²) in [5, 5.41) is 0. The van der Waals surface area contributed by atoms with Crippen LogP contribution in [-0.4, -0.2) is 44.0 Å². The van der Waals surface area contributed by atoms with E-state index in [2.05, 4.69) is 36.9 Å². The van der Waals surface area contributed by atoms with Crippen molar-refractivity contribution in [1.29, 1.82) is 0 Å². The second-order valence-electron chi connectivity index (χ2n) is 9.14. The first-order chi connectivity index (χ1) is 16.2. The number of para-hydroxylation sites is 1. The van der Waals surface area contributed by atoms with Gasteiger partial charge in [0.15, 0.2) is 5.78 Å². The first-order valence-electron chi connectivity index (χ1n) is 11.7. The average Bonchev–Trinajstić information content (AvgIpc) is 2.77. The van der Waals surface area contributed by atoms with E-state index in [0.717, 1.165) is 29.0 Å². The molecule has 0 aromatic heterocycles. The fourth-order valence-corrected chi connectivity index (χ4v) is 3.74. The van der Waals surface area contributed by atoms with Gasteiger partial charge in [0.25, 0.3) is 0 Å². The van der Waals surface area contributed by atoms with Gasteiger partial charge in [-0.3, -0.25) is 4.79 Å². The van der Waals surface area contributed by atoms with Crippen LogP contribution in [-0.2, 0) is 0 Å². The molecule has 4 nitrogen and oxygen atoms in total. The van der Waals surface area contributed by atoms with E-state index in [4.69, 9.17) is 9.47 Å². The van der Waals surface area contributed by atoms with Gasteiger partial charge in [-0.05, 0) is 83.3 Å². The lowest BCUT2D eigenvalue weighted by Crippen LogP contribution is -2.20. The zero-order chi connectivity index (χ0) is 24.7. The van der Waals surface area contributed by atoms with Crippen molar-refractivity contribution in [1.82, 2.24) is 4.90 Å². The highest BCUT2D eigenvalue weighted by Crippen LogP contribution is 2.29. The molecule has 0 fully saturated rings. The van der Waals surface area contributed by atoms with Crippen molar-refractivity contribution in [3.8, 4) is 22.6 Å². The van der Waals surface area contributed by atoms with Crippen molar-refractivity contribution >= 4 is 11.9 Å². The first-order valence-corrected chi connectivity index (χ1v) is 11.7. The van der Waals surface area contributed by atoms with Crippen LogP contribution in [0.4, 0.5) is 0 Å². The summed E-state index contributed by atoms with van der Waals surface area (Å²) in [7, 11) is 4.00. The van der Waals surface area contributed by atoms with Crippen LogP contribution in [0.2, 0.25) is 0 Å². The lowest BCUT2D eigenvalue weighted by atomic mass is 9.97. The molecule has 0 bridgehead atoms. The molecule has 3 aromatic rings. The maximum absolute atomic E-state index is 13.4. The molecule has 0 aliphatic carbocycles. The number of carbonyl (C=O) groups is 1. The summed E-state index contributed by atoms with van der Waals surface area (Å²) in [6.07, 6.45) is 3.46. The third-order valence-corrected chi connectivity index (χ3v) is 5.29. The van der Waals surface area contributed by atoms with Crippen LogP contribution in [0.1, 0.15) is 40.9 Å². The Hall–Kier alpha value is -3.37. The number of carbonyl (C=O) groups excluding carboxylic acids is 1. The SMILES string of the molecule is Cc1cc(C)cc(-c2ccc(OCCN(C)C)c(C(=O)/C=C/c3ccccc3OC(C)C)c2)c1. The van der Waals surface area contributed by atoms with Gasteiger partial charge in [-0.25, -0.2) is 0 Å². The Labute approximate surface area is 203 Å². The Morgan fingerprint density at radius 3 is 2.29 bits per heavy atom. The first kappa shape index (κ1) is 25.3. The maximum Gasteiger partial charge on any atom is 0.189 e. The van der Waals surface area contributed by atoms with E-state index in [1.54, 1.807) is 6.08 Å². The fraction of sp³-hybridized carbons (Fsp3) is 0.300. The van der Waals surface area contributed by atoms with Crippen LogP contribution in [0.5, 0.6) is 11.5 Å². The van der Waals surface area contributed by atoms with E-state index in [-0.39, 0.29) is 11.9 Å². The summed E-state index contributed by atoms with van der Waals surface area (Å²) in [4.78, 5) is 15.4. The zero-order valence-corrected chi connectivity index (χ0v) is 21.1. The molecule has 0 amide bonds. The molecule has 0 N–H and O–H groups in total. The Morgan fingerprint density at radius 1 is 0.912 bits per heavy atom. The van der Waals surface area contributed by atoms with Crippen LogP contribution in [0.3, 0.4) is 0 Å². The van der Waals surface area contributed by atoms with Crippen molar-refractivity contribution in [2.45, 2.75) is 33.8 Å². The third-order valence-electron chi connectivity index (χ3n) is 5.29. The number of nitrogens with zero attached hydrogens (tertiary/aromatic N) is 1. The summed E-state index contributed by atoms with van der Waals surface area (Å²) >= 11 is 0. The van der Waals surface area contributed by atoms with Crippen molar-refractivity contribution < 1.29 is 14.3 Å². The van der Waals surface area contributed by atoms with Crippen LogP contribution in [0.15, 0.2) is 66.7 Å². The molecule has 0 saturated heterocycles. The number of rotatable bonds is 10. The van der Waals surface area contributed by atoms with Crippen LogP contribution in [0.25, 0.3) is 17.2 Å². The third kappa shape index (κ3) is 7.06. The Balaban J connectivity index is 1.96. The fourth-order valence-electron chi connectivity index (χ4n) is 3.74. The highest BCUT2D eigenvalue weighted by Gasteiger charge is 2.14. The molecule has 34 heavy (non-hydrogen) atoms. The van der Waals surface area contributed by atoms with Crippen molar-refractivity contribution in [2.24, 2.45) is 0 Å². The summed E-state index contributed by atoms with van der Waals surface area (Å²) < 4.78 is 11.9. The minimum Gasteiger partial charge on any atom is -0.491 e. The molecule has 0 radical (unpaired) electrons. The predicted octanol–water partition coefficient (Wildman–Crippen LogP) is 6.59. The van der Waals surface area contributed by atoms with Gasteiger partial charge < -0.3 is 14.4 Å². The molecular formula is C30H35NO3. The molecule has 4 heteroatoms. The van der Waals surface area contributed by atoms with E-state index in [9.17, 15) is 4.79 Å². The van der Waals surface area contributed by atoms with Crippen LogP contribution in [0, 0.1) is 13.8 Å². The second kappa shape index (κ2) is 11.7. The predicted molar refractivity (Wildman–Crippen MR) is 141 cm³/mol. The normalized spacial score (nSPS) is 11.4. The van der Waals surface area contributed by atoms with Gasteiger partial charge in [0.05, 0.1) is 11.7 Å². The van der Waals surface area contributed by atoms with E-state index < -0.39 is 0 Å². The second-order valence-corrected chi connectivity index (χ2v) is 9.14. The minimum absolute atomic E-state index is 0.0522. The van der Waals surface area contributed by atoms with E-state index in [1.807, 2.05) is 76.5 Å². The molecular weight excluding hydrogens is 422 g/mol. The molecule has 3 rings (SSSR count). The molecule has 0 unspecified atom stereocenters.